The minimum absolute atomic E-state index is 0.539. The van der Waals surface area contributed by atoms with E-state index in [2.05, 4.69) is 49.2 Å². The third-order valence-electron chi connectivity index (χ3n) is 3.88. The van der Waals surface area contributed by atoms with Gasteiger partial charge in [-0.05, 0) is 31.4 Å². The summed E-state index contributed by atoms with van der Waals surface area (Å²) in [7, 11) is 0. The second kappa shape index (κ2) is 6.95. The largest absolute Gasteiger partial charge is 0.371 e. The van der Waals surface area contributed by atoms with Gasteiger partial charge in [0.15, 0.2) is 0 Å². The summed E-state index contributed by atoms with van der Waals surface area (Å²) in [4.78, 5) is 2.59. The average molecular weight is 260 g/mol. The topological polar surface area (TPSA) is 15.3 Å². The fraction of sp³-hybridized carbons (Fsp3) is 0.647. The molecule has 0 aromatic heterocycles. The Kier molecular flexibility index (Phi) is 5.26. The van der Waals surface area contributed by atoms with Crippen LogP contribution in [-0.2, 0) is 6.54 Å². The summed E-state index contributed by atoms with van der Waals surface area (Å²) in [5.74, 6) is 0. The molecule has 1 fully saturated rings. The second-order valence-electron chi connectivity index (χ2n) is 6.07. The summed E-state index contributed by atoms with van der Waals surface area (Å²) >= 11 is 0. The Morgan fingerprint density at radius 1 is 1.11 bits per heavy atom. The lowest BCUT2D eigenvalue weighted by atomic mass is 10.1. The molecule has 1 aromatic carbocycles. The Balaban J connectivity index is 2.17. The zero-order valence-electron chi connectivity index (χ0n) is 12.7. The number of aryl methyl sites for hydroxylation is 1. The lowest BCUT2D eigenvalue weighted by molar-refractivity contribution is 0.587. The van der Waals surface area contributed by atoms with Crippen LogP contribution < -0.4 is 10.2 Å². The molecule has 0 unspecified atom stereocenters. The minimum atomic E-state index is 0.539. The molecule has 0 aliphatic carbocycles. The van der Waals surface area contributed by atoms with Gasteiger partial charge < -0.3 is 10.2 Å². The first-order valence-electron chi connectivity index (χ1n) is 7.74. The molecule has 2 rings (SSSR count). The van der Waals surface area contributed by atoms with Crippen LogP contribution in [0.5, 0.6) is 0 Å². The molecule has 1 heterocycles. The van der Waals surface area contributed by atoms with Crippen LogP contribution in [0.2, 0.25) is 0 Å². The van der Waals surface area contributed by atoms with Gasteiger partial charge >= 0.3 is 0 Å². The van der Waals surface area contributed by atoms with Crippen molar-refractivity contribution in [3.8, 4) is 0 Å². The quantitative estimate of drug-likeness (QED) is 0.884. The predicted molar refractivity (Wildman–Crippen MR) is 83.8 cm³/mol. The molecule has 19 heavy (non-hydrogen) atoms. The highest BCUT2D eigenvalue weighted by Gasteiger charge is 2.13. The zero-order valence-corrected chi connectivity index (χ0v) is 12.7. The van der Waals surface area contributed by atoms with E-state index in [0.29, 0.717) is 6.04 Å². The maximum absolute atomic E-state index is 3.56. The third kappa shape index (κ3) is 4.24. The van der Waals surface area contributed by atoms with Crippen molar-refractivity contribution in [2.45, 2.75) is 59.0 Å². The monoisotopic (exact) mass is 260 g/mol. The molecule has 0 radical (unpaired) electrons. The van der Waals surface area contributed by atoms with Crippen molar-refractivity contribution < 1.29 is 0 Å². The predicted octanol–water partition coefficient (Wildman–Crippen LogP) is 3.87. The Morgan fingerprint density at radius 2 is 1.79 bits per heavy atom. The number of anilines is 1. The zero-order chi connectivity index (χ0) is 13.7. The smallest absolute Gasteiger partial charge is 0.0412 e. The molecule has 0 saturated carbocycles. The Hall–Kier alpha value is -1.02. The summed E-state index contributed by atoms with van der Waals surface area (Å²) in [6.07, 6.45) is 5.46. The number of rotatable bonds is 4. The van der Waals surface area contributed by atoms with Crippen LogP contribution >= 0.6 is 0 Å². The van der Waals surface area contributed by atoms with Crippen molar-refractivity contribution in [2.75, 3.05) is 18.0 Å². The Morgan fingerprint density at radius 3 is 2.42 bits per heavy atom. The Bertz CT molecular complexity index is 390. The average Bonchev–Trinajstić information content (AvgIpc) is 2.65. The van der Waals surface area contributed by atoms with Crippen molar-refractivity contribution in [1.82, 2.24) is 5.32 Å². The van der Waals surface area contributed by atoms with Crippen LogP contribution in [0.25, 0.3) is 0 Å². The van der Waals surface area contributed by atoms with Gasteiger partial charge in [0.2, 0.25) is 0 Å². The van der Waals surface area contributed by atoms with Gasteiger partial charge in [-0.2, -0.15) is 0 Å². The molecule has 106 valence electrons. The van der Waals surface area contributed by atoms with Gasteiger partial charge in [0, 0.05) is 31.4 Å². The van der Waals surface area contributed by atoms with Gasteiger partial charge in [-0.1, -0.05) is 44.4 Å². The summed E-state index contributed by atoms with van der Waals surface area (Å²) in [6, 6.07) is 7.45. The highest BCUT2D eigenvalue weighted by atomic mass is 15.1. The van der Waals surface area contributed by atoms with Crippen molar-refractivity contribution in [1.29, 1.82) is 0 Å². The number of hydrogen-bond donors (Lipinski definition) is 1. The van der Waals surface area contributed by atoms with E-state index in [1.54, 1.807) is 0 Å². The minimum Gasteiger partial charge on any atom is -0.371 e. The molecule has 1 aliphatic heterocycles. The van der Waals surface area contributed by atoms with Crippen molar-refractivity contribution in [3.63, 3.8) is 0 Å². The summed E-state index contributed by atoms with van der Waals surface area (Å²) in [6.45, 7) is 10.0. The van der Waals surface area contributed by atoms with E-state index in [4.69, 9.17) is 0 Å². The number of nitrogens with zero attached hydrogens (tertiary/aromatic N) is 1. The molecule has 2 nitrogen and oxygen atoms in total. The van der Waals surface area contributed by atoms with Crippen LogP contribution in [0.4, 0.5) is 5.69 Å². The van der Waals surface area contributed by atoms with E-state index in [-0.39, 0.29) is 0 Å². The lowest BCUT2D eigenvalue weighted by Gasteiger charge is -2.26. The fourth-order valence-corrected chi connectivity index (χ4v) is 2.79. The fourth-order valence-electron chi connectivity index (χ4n) is 2.79. The molecule has 1 aromatic rings. The maximum atomic E-state index is 3.56. The van der Waals surface area contributed by atoms with E-state index in [9.17, 15) is 0 Å². The van der Waals surface area contributed by atoms with Gasteiger partial charge in [-0.25, -0.2) is 0 Å². The van der Waals surface area contributed by atoms with Crippen LogP contribution in [-0.4, -0.2) is 19.1 Å². The van der Waals surface area contributed by atoms with Crippen molar-refractivity contribution >= 4 is 5.69 Å². The van der Waals surface area contributed by atoms with Gasteiger partial charge in [0.05, 0.1) is 0 Å². The first-order chi connectivity index (χ1) is 9.16. The van der Waals surface area contributed by atoms with Crippen LogP contribution in [0, 0.1) is 6.92 Å². The van der Waals surface area contributed by atoms with Crippen LogP contribution in [0.15, 0.2) is 18.2 Å². The molecule has 0 amide bonds. The van der Waals surface area contributed by atoms with Crippen LogP contribution in [0.3, 0.4) is 0 Å². The summed E-state index contributed by atoms with van der Waals surface area (Å²) < 4.78 is 0. The van der Waals surface area contributed by atoms with Gasteiger partial charge in [0.25, 0.3) is 0 Å². The maximum Gasteiger partial charge on any atom is 0.0412 e. The number of benzene rings is 1. The van der Waals surface area contributed by atoms with E-state index in [0.717, 1.165) is 6.54 Å². The molecular weight excluding hydrogens is 232 g/mol. The van der Waals surface area contributed by atoms with Crippen molar-refractivity contribution in [2.24, 2.45) is 0 Å². The molecule has 0 bridgehead atoms. The van der Waals surface area contributed by atoms with Gasteiger partial charge in [-0.3, -0.25) is 0 Å². The first-order valence-corrected chi connectivity index (χ1v) is 7.74. The first kappa shape index (κ1) is 14.4. The Labute approximate surface area is 118 Å². The summed E-state index contributed by atoms with van der Waals surface area (Å²) in [5.41, 5.74) is 4.26. The normalized spacial score (nSPS) is 16.7. The standard InChI is InChI=1S/C17H28N2/c1-14(2)18-13-16-12-15(3)8-9-17(16)19-10-6-4-5-7-11-19/h8-9,12,14,18H,4-7,10-11,13H2,1-3H3. The molecule has 1 N–H and O–H groups in total. The van der Waals surface area contributed by atoms with E-state index in [1.165, 1.54) is 55.6 Å². The molecule has 1 aliphatic rings. The van der Waals surface area contributed by atoms with Gasteiger partial charge in [-0.15, -0.1) is 0 Å². The number of hydrogen-bond acceptors (Lipinski definition) is 2. The van der Waals surface area contributed by atoms with Crippen LogP contribution in [0.1, 0.15) is 50.7 Å². The summed E-state index contributed by atoms with van der Waals surface area (Å²) in [5, 5.41) is 3.56. The second-order valence-corrected chi connectivity index (χ2v) is 6.07. The molecule has 0 atom stereocenters. The molecule has 0 spiro atoms. The highest BCUT2D eigenvalue weighted by molar-refractivity contribution is 5.55. The van der Waals surface area contributed by atoms with Crippen molar-refractivity contribution in [3.05, 3.63) is 29.3 Å². The van der Waals surface area contributed by atoms with E-state index in [1.807, 2.05) is 0 Å². The van der Waals surface area contributed by atoms with Gasteiger partial charge in [0.1, 0.15) is 0 Å². The number of nitrogens with one attached hydrogen (secondary N) is 1. The highest BCUT2D eigenvalue weighted by Crippen LogP contribution is 2.25. The molecule has 2 heteroatoms. The SMILES string of the molecule is Cc1ccc(N2CCCCCC2)c(CNC(C)C)c1. The third-order valence-corrected chi connectivity index (χ3v) is 3.88. The molecular formula is C17H28N2. The van der Waals surface area contributed by atoms with E-state index < -0.39 is 0 Å². The lowest BCUT2D eigenvalue weighted by Crippen LogP contribution is -2.28. The van der Waals surface area contributed by atoms with E-state index >= 15 is 0 Å². The molecule has 1 saturated heterocycles.